The SMILES string of the molecule is Cc1sc(NC(=O)c2cccnc2N2CCCC2)nc1-c1ccc(Cl)cc1. The van der Waals surface area contributed by atoms with E-state index in [1.807, 2.05) is 37.3 Å². The van der Waals surface area contributed by atoms with E-state index in [1.165, 1.54) is 11.3 Å². The molecule has 1 aromatic carbocycles. The number of nitrogens with zero attached hydrogens (tertiary/aromatic N) is 3. The minimum absolute atomic E-state index is 0.179. The third kappa shape index (κ3) is 3.82. The van der Waals surface area contributed by atoms with Crippen LogP contribution in [-0.2, 0) is 0 Å². The van der Waals surface area contributed by atoms with Crippen LogP contribution in [0.25, 0.3) is 11.3 Å². The Morgan fingerprint density at radius 1 is 1.19 bits per heavy atom. The van der Waals surface area contributed by atoms with Crippen LogP contribution in [0.15, 0.2) is 42.6 Å². The Morgan fingerprint density at radius 2 is 1.93 bits per heavy atom. The van der Waals surface area contributed by atoms with Crippen molar-refractivity contribution in [3.8, 4) is 11.3 Å². The predicted molar refractivity (Wildman–Crippen MR) is 111 cm³/mol. The van der Waals surface area contributed by atoms with Crippen molar-refractivity contribution in [1.82, 2.24) is 9.97 Å². The van der Waals surface area contributed by atoms with Crippen LogP contribution >= 0.6 is 22.9 Å². The summed E-state index contributed by atoms with van der Waals surface area (Å²) in [4.78, 5) is 25.1. The summed E-state index contributed by atoms with van der Waals surface area (Å²) >= 11 is 7.43. The lowest BCUT2D eigenvalue weighted by Crippen LogP contribution is -2.24. The monoisotopic (exact) mass is 398 g/mol. The number of amides is 1. The van der Waals surface area contributed by atoms with Gasteiger partial charge in [-0.1, -0.05) is 23.7 Å². The van der Waals surface area contributed by atoms with Crippen LogP contribution in [0.1, 0.15) is 28.1 Å². The van der Waals surface area contributed by atoms with Gasteiger partial charge in [0.05, 0.1) is 11.3 Å². The molecule has 3 heterocycles. The molecule has 1 aliphatic heterocycles. The lowest BCUT2D eigenvalue weighted by Gasteiger charge is -2.19. The van der Waals surface area contributed by atoms with Gasteiger partial charge in [-0.25, -0.2) is 9.97 Å². The number of halogens is 1. The summed E-state index contributed by atoms with van der Waals surface area (Å²) in [6, 6.07) is 11.2. The van der Waals surface area contributed by atoms with Crippen LogP contribution in [0.5, 0.6) is 0 Å². The topological polar surface area (TPSA) is 58.1 Å². The van der Waals surface area contributed by atoms with Crippen molar-refractivity contribution >= 4 is 39.8 Å². The maximum Gasteiger partial charge on any atom is 0.261 e. The largest absolute Gasteiger partial charge is 0.356 e. The van der Waals surface area contributed by atoms with E-state index in [9.17, 15) is 4.79 Å². The summed E-state index contributed by atoms with van der Waals surface area (Å²) in [6.07, 6.45) is 4.00. The Labute approximate surface area is 167 Å². The molecule has 0 aliphatic carbocycles. The van der Waals surface area contributed by atoms with Crippen molar-refractivity contribution in [1.29, 1.82) is 0 Å². The number of carbonyl (C=O) groups excluding carboxylic acids is 1. The van der Waals surface area contributed by atoms with Gasteiger partial charge in [-0.2, -0.15) is 0 Å². The van der Waals surface area contributed by atoms with Gasteiger partial charge in [-0.3, -0.25) is 10.1 Å². The van der Waals surface area contributed by atoms with Crippen molar-refractivity contribution < 1.29 is 4.79 Å². The molecule has 5 nitrogen and oxygen atoms in total. The predicted octanol–water partition coefficient (Wildman–Crippen LogP) is 5.02. The zero-order chi connectivity index (χ0) is 18.8. The van der Waals surface area contributed by atoms with Crippen molar-refractivity contribution in [3.63, 3.8) is 0 Å². The number of pyridine rings is 1. The van der Waals surface area contributed by atoms with Gasteiger partial charge in [0.1, 0.15) is 5.82 Å². The molecule has 0 atom stereocenters. The Kier molecular flexibility index (Phi) is 5.09. The van der Waals surface area contributed by atoms with Gasteiger partial charge in [0, 0.05) is 34.7 Å². The quantitative estimate of drug-likeness (QED) is 0.670. The fourth-order valence-electron chi connectivity index (χ4n) is 3.25. The molecule has 7 heteroatoms. The second-order valence-electron chi connectivity index (χ2n) is 6.45. The number of rotatable bonds is 4. The highest BCUT2D eigenvalue weighted by Gasteiger charge is 2.21. The molecule has 0 bridgehead atoms. The molecule has 1 amide bonds. The second kappa shape index (κ2) is 7.66. The molecule has 0 unspecified atom stereocenters. The minimum Gasteiger partial charge on any atom is -0.356 e. The average molecular weight is 399 g/mol. The van der Waals surface area contributed by atoms with Crippen molar-refractivity contribution in [3.05, 3.63) is 58.1 Å². The molecular formula is C20H19ClN4OS. The third-order valence-electron chi connectivity index (χ3n) is 4.57. The summed E-state index contributed by atoms with van der Waals surface area (Å²) in [5.41, 5.74) is 2.42. The van der Waals surface area contributed by atoms with Gasteiger partial charge < -0.3 is 4.90 Å². The van der Waals surface area contributed by atoms with Gasteiger partial charge in [-0.05, 0) is 44.0 Å². The maximum atomic E-state index is 12.9. The Hall–Kier alpha value is -2.44. The van der Waals surface area contributed by atoms with E-state index < -0.39 is 0 Å². The summed E-state index contributed by atoms with van der Waals surface area (Å²) in [5, 5.41) is 4.21. The number of aromatic nitrogens is 2. The fourth-order valence-corrected chi connectivity index (χ4v) is 4.20. The van der Waals surface area contributed by atoms with Crippen LogP contribution in [0, 0.1) is 6.92 Å². The molecular weight excluding hydrogens is 380 g/mol. The second-order valence-corrected chi connectivity index (χ2v) is 8.09. The minimum atomic E-state index is -0.179. The van der Waals surface area contributed by atoms with Crippen molar-refractivity contribution in [2.24, 2.45) is 0 Å². The Morgan fingerprint density at radius 3 is 2.67 bits per heavy atom. The normalized spacial score (nSPS) is 13.8. The van der Waals surface area contributed by atoms with Crippen LogP contribution < -0.4 is 10.2 Å². The van der Waals surface area contributed by atoms with Crippen LogP contribution in [-0.4, -0.2) is 29.0 Å². The number of carbonyl (C=O) groups is 1. The number of aryl methyl sites for hydroxylation is 1. The molecule has 1 saturated heterocycles. The molecule has 27 heavy (non-hydrogen) atoms. The first-order valence-electron chi connectivity index (χ1n) is 8.86. The van der Waals surface area contributed by atoms with Gasteiger partial charge >= 0.3 is 0 Å². The van der Waals surface area contributed by atoms with E-state index in [2.05, 4.69) is 20.2 Å². The zero-order valence-corrected chi connectivity index (χ0v) is 16.5. The maximum absolute atomic E-state index is 12.9. The fraction of sp³-hybridized carbons (Fsp3) is 0.250. The molecule has 1 fully saturated rings. The van der Waals surface area contributed by atoms with E-state index in [1.54, 1.807) is 12.3 Å². The lowest BCUT2D eigenvalue weighted by atomic mass is 10.1. The number of benzene rings is 1. The standard InChI is InChI=1S/C20H19ClN4OS/c1-13-17(14-6-8-15(21)9-7-14)23-20(27-13)24-19(26)16-5-4-10-22-18(16)25-11-2-3-12-25/h4-10H,2-3,11-12H2,1H3,(H,23,24,26). The molecule has 3 aromatic rings. The summed E-state index contributed by atoms with van der Waals surface area (Å²) in [5.74, 6) is 0.570. The van der Waals surface area contributed by atoms with E-state index >= 15 is 0 Å². The van der Waals surface area contributed by atoms with E-state index in [0.717, 1.165) is 47.9 Å². The van der Waals surface area contributed by atoms with Crippen molar-refractivity contribution in [2.45, 2.75) is 19.8 Å². The van der Waals surface area contributed by atoms with Gasteiger partial charge in [0.2, 0.25) is 0 Å². The van der Waals surface area contributed by atoms with E-state index in [-0.39, 0.29) is 5.91 Å². The zero-order valence-electron chi connectivity index (χ0n) is 14.9. The van der Waals surface area contributed by atoms with E-state index in [0.29, 0.717) is 15.7 Å². The molecule has 138 valence electrons. The van der Waals surface area contributed by atoms with Crippen LogP contribution in [0.4, 0.5) is 10.9 Å². The molecule has 1 N–H and O–H groups in total. The third-order valence-corrected chi connectivity index (χ3v) is 5.71. The molecule has 4 rings (SSSR count). The number of thiazole rings is 1. The lowest BCUT2D eigenvalue weighted by molar-refractivity contribution is 0.102. The van der Waals surface area contributed by atoms with Crippen LogP contribution in [0.3, 0.4) is 0 Å². The molecule has 2 aromatic heterocycles. The first kappa shape index (κ1) is 17.9. The average Bonchev–Trinajstić information content (AvgIpc) is 3.32. The van der Waals surface area contributed by atoms with Crippen LogP contribution in [0.2, 0.25) is 5.02 Å². The summed E-state index contributed by atoms with van der Waals surface area (Å²) < 4.78 is 0. The number of hydrogen-bond donors (Lipinski definition) is 1. The highest BCUT2D eigenvalue weighted by atomic mass is 35.5. The van der Waals surface area contributed by atoms with E-state index in [4.69, 9.17) is 11.6 Å². The smallest absolute Gasteiger partial charge is 0.261 e. The van der Waals surface area contributed by atoms with Gasteiger partial charge in [-0.15, -0.1) is 11.3 Å². The number of hydrogen-bond acceptors (Lipinski definition) is 5. The summed E-state index contributed by atoms with van der Waals surface area (Å²) in [7, 11) is 0. The Bertz CT molecular complexity index is 964. The first-order chi connectivity index (χ1) is 13.1. The molecule has 0 spiro atoms. The van der Waals surface area contributed by atoms with Gasteiger partial charge in [0.25, 0.3) is 5.91 Å². The molecule has 1 aliphatic rings. The molecule has 0 radical (unpaired) electrons. The Balaban J connectivity index is 1.57. The van der Waals surface area contributed by atoms with Crippen molar-refractivity contribution in [2.75, 3.05) is 23.3 Å². The van der Waals surface area contributed by atoms with Gasteiger partial charge in [0.15, 0.2) is 5.13 Å². The molecule has 0 saturated carbocycles. The summed E-state index contributed by atoms with van der Waals surface area (Å²) in [6.45, 7) is 3.87. The number of anilines is 2. The first-order valence-corrected chi connectivity index (χ1v) is 10.1. The highest BCUT2D eigenvalue weighted by molar-refractivity contribution is 7.16. The number of nitrogens with one attached hydrogen (secondary N) is 1. The highest BCUT2D eigenvalue weighted by Crippen LogP contribution is 2.31.